The van der Waals surface area contributed by atoms with Crippen molar-refractivity contribution in [3.63, 3.8) is 0 Å². The summed E-state index contributed by atoms with van der Waals surface area (Å²) in [5, 5.41) is 8.55. The fourth-order valence-corrected chi connectivity index (χ4v) is 0.545. The Bertz CT molecular complexity index is 245. The second-order valence-corrected chi connectivity index (χ2v) is 2.42. The molecule has 0 aliphatic rings. The summed E-state index contributed by atoms with van der Waals surface area (Å²) < 4.78 is 0. The van der Waals surface area contributed by atoms with Gasteiger partial charge in [-0.2, -0.15) is 0 Å². The van der Waals surface area contributed by atoms with Crippen molar-refractivity contribution < 1.29 is 19.5 Å². The highest BCUT2D eigenvalue weighted by atomic mass is 16.6. The smallest absolute Gasteiger partial charge is 0.331 e. The molecule has 0 atom stereocenters. The summed E-state index contributed by atoms with van der Waals surface area (Å²) in [7, 11) is 0. The fraction of sp³-hybridized carbons (Fsp3) is 0.500. The van der Waals surface area contributed by atoms with Gasteiger partial charge in [0.1, 0.15) is 0 Å². The summed E-state index contributed by atoms with van der Waals surface area (Å²) in [6.07, 6.45) is 0. The Morgan fingerprint density at radius 1 is 1.31 bits per heavy atom. The monoisotopic (exact) mass is 187 g/mol. The van der Waals surface area contributed by atoms with Crippen molar-refractivity contribution in [2.24, 2.45) is 0 Å². The highest BCUT2D eigenvalue weighted by Crippen LogP contribution is 2.02. The zero-order valence-corrected chi connectivity index (χ0v) is 7.88. The Hall–Kier alpha value is -1.36. The van der Waals surface area contributed by atoms with Crippen LogP contribution in [0.5, 0.6) is 0 Å². The van der Waals surface area contributed by atoms with Crippen LogP contribution in [0.15, 0.2) is 11.1 Å². The van der Waals surface area contributed by atoms with Crippen molar-refractivity contribution in [2.45, 2.75) is 20.8 Å². The van der Waals surface area contributed by atoms with Crippen LogP contribution in [-0.4, -0.2) is 23.6 Å². The van der Waals surface area contributed by atoms with Gasteiger partial charge in [-0.25, -0.2) is 10.3 Å². The average Bonchev–Trinajstić information content (AvgIpc) is 2.11. The largest absolute Gasteiger partial charge is 0.478 e. The maximum atomic E-state index is 11.1. The van der Waals surface area contributed by atoms with E-state index < -0.39 is 11.9 Å². The Morgan fingerprint density at radius 3 is 2.23 bits per heavy atom. The van der Waals surface area contributed by atoms with Crippen molar-refractivity contribution in [1.29, 1.82) is 0 Å². The highest BCUT2D eigenvalue weighted by Gasteiger charge is 2.11. The van der Waals surface area contributed by atoms with Crippen LogP contribution in [0.2, 0.25) is 0 Å². The molecule has 0 unspecified atom stereocenters. The molecule has 0 aliphatic heterocycles. The average molecular weight is 187 g/mol. The number of aliphatic carboxylic acids is 1. The van der Waals surface area contributed by atoms with Gasteiger partial charge in [-0.05, 0) is 20.8 Å². The molecule has 0 radical (unpaired) electrons. The number of amides is 1. The summed E-state index contributed by atoms with van der Waals surface area (Å²) in [5.74, 6) is -1.63. The topological polar surface area (TPSA) is 75.6 Å². The molecule has 0 bridgehead atoms. The third-order valence-electron chi connectivity index (χ3n) is 1.53. The van der Waals surface area contributed by atoms with Crippen LogP contribution in [0.3, 0.4) is 0 Å². The van der Waals surface area contributed by atoms with Gasteiger partial charge in [0.25, 0.3) is 5.91 Å². The number of nitrogens with one attached hydrogen (secondary N) is 1. The first-order valence-electron chi connectivity index (χ1n) is 3.83. The number of hydrogen-bond donors (Lipinski definition) is 2. The standard InChI is InChI=1S/C8H13NO4/c1-4-13-9-7(10)5(2)6(3)8(11)12/h4H2,1-3H3,(H,9,10)(H,11,12). The van der Waals surface area contributed by atoms with Gasteiger partial charge < -0.3 is 5.11 Å². The molecule has 0 fully saturated rings. The Balaban J connectivity index is 4.40. The van der Waals surface area contributed by atoms with Gasteiger partial charge in [-0.1, -0.05) is 0 Å². The van der Waals surface area contributed by atoms with Gasteiger partial charge in [-0.3, -0.25) is 9.63 Å². The first kappa shape index (κ1) is 11.6. The lowest BCUT2D eigenvalue weighted by Crippen LogP contribution is -2.25. The number of rotatable bonds is 4. The van der Waals surface area contributed by atoms with Gasteiger partial charge in [0.2, 0.25) is 0 Å². The third kappa shape index (κ3) is 3.71. The molecular formula is C8H13NO4. The van der Waals surface area contributed by atoms with E-state index in [2.05, 4.69) is 10.3 Å². The van der Waals surface area contributed by atoms with Crippen LogP contribution in [-0.2, 0) is 14.4 Å². The molecule has 74 valence electrons. The first-order valence-corrected chi connectivity index (χ1v) is 3.83. The van der Waals surface area contributed by atoms with E-state index in [0.29, 0.717) is 6.61 Å². The molecule has 0 saturated carbocycles. The number of carbonyl (C=O) groups is 2. The second-order valence-electron chi connectivity index (χ2n) is 2.42. The molecule has 0 saturated heterocycles. The zero-order chi connectivity index (χ0) is 10.4. The minimum Gasteiger partial charge on any atom is -0.478 e. The summed E-state index contributed by atoms with van der Waals surface area (Å²) in [5.41, 5.74) is 2.26. The minimum absolute atomic E-state index is 0.0113. The molecule has 5 heteroatoms. The van der Waals surface area contributed by atoms with Gasteiger partial charge in [0, 0.05) is 11.1 Å². The summed E-state index contributed by atoms with van der Waals surface area (Å²) in [4.78, 5) is 26.2. The van der Waals surface area contributed by atoms with E-state index in [1.165, 1.54) is 13.8 Å². The summed E-state index contributed by atoms with van der Waals surface area (Å²) in [6.45, 7) is 4.84. The van der Waals surface area contributed by atoms with Crippen LogP contribution >= 0.6 is 0 Å². The van der Waals surface area contributed by atoms with E-state index in [4.69, 9.17) is 5.11 Å². The van der Waals surface area contributed by atoms with Crippen molar-refractivity contribution in [3.8, 4) is 0 Å². The lowest BCUT2D eigenvalue weighted by atomic mass is 10.1. The highest BCUT2D eigenvalue weighted by molar-refractivity contribution is 6.00. The normalized spacial score (nSPS) is 11.9. The Kier molecular flexibility index (Phi) is 4.76. The predicted octanol–water partition coefficient (Wildman–Crippen LogP) is 0.475. The number of carboxylic acids is 1. The quantitative estimate of drug-likeness (QED) is 0.495. The van der Waals surface area contributed by atoms with Gasteiger partial charge in [-0.15, -0.1) is 0 Å². The van der Waals surface area contributed by atoms with E-state index in [-0.39, 0.29) is 11.1 Å². The number of hydroxylamine groups is 1. The molecular weight excluding hydrogens is 174 g/mol. The van der Waals surface area contributed by atoms with Crippen molar-refractivity contribution >= 4 is 11.9 Å². The lowest BCUT2D eigenvalue weighted by molar-refractivity contribution is -0.134. The van der Waals surface area contributed by atoms with Crippen LogP contribution in [0.25, 0.3) is 0 Å². The van der Waals surface area contributed by atoms with E-state index in [9.17, 15) is 9.59 Å². The lowest BCUT2D eigenvalue weighted by Gasteiger charge is -2.04. The van der Waals surface area contributed by atoms with Gasteiger partial charge in [0.05, 0.1) is 6.61 Å². The number of carboxylic acid groups (broad SMARTS) is 1. The predicted molar refractivity (Wildman–Crippen MR) is 45.8 cm³/mol. The molecule has 0 aliphatic carbocycles. The molecule has 0 aromatic heterocycles. The minimum atomic E-state index is -1.11. The SMILES string of the molecule is CCONC(=O)C(C)=C(C)C(=O)O. The van der Waals surface area contributed by atoms with E-state index in [0.717, 1.165) is 0 Å². The molecule has 0 spiro atoms. The molecule has 0 rings (SSSR count). The van der Waals surface area contributed by atoms with Crippen LogP contribution < -0.4 is 5.48 Å². The molecule has 0 aromatic rings. The molecule has 5 nitrogen and oxygen atoms in total. The maximum Gasteiger partial charge on any atom is 0.331 e. The maximum absolute atomic E-state index is 11.1. The van der Waals surface area contributed by atoms with Gasteiger partial charge in [0.15, 0.2) is 0 Å². The number of carbonyl (C=O) groups excluding carboxylic acids is 1. The fourth-order valence-electron chi connectivity index (χ4n) is 0.545. The molecule has 1 amide bonds. The Morgan fingerprint density at radius 2 is 1.85 bits per heavy atom. The molecule has 13 heavy (non-hydrogen) atoms. The first-order chi connectivity index (χ1) is 6.00. The van der Waals surface area contributed by atoms with Gasteiger partial charge >= 0.3 is 5.97 Å². The Labute approximate surface area is 76.3 Å². The van der Waals surface area contributed by atoms with Crippen molar-refractivity contribution in [3.05, 3.63) is 11.1 Å². The molecule has 0 heterocycles. The number of hydrogen-bond acceptors (Lipinski definition) is 3. The van der Waals surface area contributed by atoms with Crippen LogP contribution in [0.1, 0.15) is 20.8 Å². The van der Waals surface area contributed by atoms with E-state index in [1.807, 2.05) is 0 Å². The molecule has 0 aromatic carbocycles. The third-order valence-corrected chi connectivity index (χ3v) is 1.53. The molecule has 2 N–H and O–H groups in total. The zero-order valence-electron chi connectivity index (χ0n) is 7.88. The van der Waals surface area contributed by atoms with Crippen LogP contribution in [0, 0.1) is 0 Å². The van der Waals surface area contributed by atoms with Crippen LogP contribution in [0.4, 0.5) is 0 Å². The van der Waals surface area contributed by atoms with E-state index >= 15 is 0 Å². The van der Waals surface area contributed by atoms with Crippen molar-refractivity contribution in [2.75, 3.05) is 6.61 Å². The van der Waals surface area contributed by atoms with E-state index in [1.54, 1.807) is 6.92 Å². The second kappa shape index (κ2) is 5.31. The summed E-state index contributed by atoms with van der Waals surface area (Å²) >= 11 is 0. The van der Waals surface area contributed by atoms with Crippen molar-refractivity contribution in [1.82, 2.24) is 5.48 Å². The summed E-state index contributed by atoms with van der Waals surface area (Å²) in [6, 6.07) is 0.